The van der Waals surface area contributed by atoms with E-state index in [1.165, 1.54) is 0 Å². The van der Waals surface area contributed by atoms with Gasteiger partial charge in [0.1, 0.15) is 17.2 Å². The number of fused-ring (bicyclic) bond motifs is 2. The molecule has 5 rings (SSSR count). The normalized spacial score (nSPS) is 11.7. The molecule has 0 aliphatic carbocycles. The summed E-state index contributed by atoms with van der Waals surface area (Å²) in [5.41, 5.74) is 3.13. The number of rotatable bonds is 7. The van der Waals surface area contributed by atoms with Crippen LogP contribution in [0.3, 0.4) is 0 Å². The lowest BCUT2D eigenvalue weighted by molar-refractivity contribution is -0.0811. The fourth-order valence-corrected chi connectivity index (χ4v) is 5.00. The van der Waals surface area contributed by atoms with Gasteiger partial charge in [-0.3, -0.25) is 0 Å². The molecule has 0 saturated heterocycles. The lowest BCUT2D eigenvalue weighted by Crippen LogP contribution is -2.35. The van der Waals surface area contributed by atoms with Gasteiger partial charge < -0.3 is 14.0 Å². The summed E-state index contributed by atoms with van der Waals surface area (Å²) in [6.07, 6.45) is 0. The van der Waals surface area contributed by atoms with Gasteiger partial charge in [0, 0.05) is 25.0 Å². The minimum atomic E-state index is -0.922. The zero-order valence-electron chi connectivity index (χ0n) is 21.1. The van der Waals surface area contributed by atoms with Crippen molar-refractivity contribution in [2.24, 2.45) is 0 Å². The molecule has 4 heteroatoms. The molecule has 0 radical (unpaired) electrons. The van der Waals surface area contributed by atoms with Crippen LogP contribution < -0.4 is 14.0 Å². The van der Waals surface area contributed by atoms with Gasteiger partial charge in [0.25, 0.3) is 0 Å². The molecule has 36 heavy (non-hydrogen) atoms. The molecular weight excluding hydrogens is 463 g/mol. The van der Waals surface area contributed by atoms with Gasteiger partial charge >= 0.3 is 0 Å². The van der Waals surface area contributed by atoms with Crippen molar-refractivity contribution in [3.63, 3.8) is 0 Å². The Kier molecular flexibility index (Phi) is 6.60. The van der Waals surface area contributed by atoms with Crippen LogP contribution in [0.15, 0.2) is 97.1 Å². The summed E-state index contributed by atoms with van der Waals surface area (Å²) in [5.74, 6) is 1.75. The van der Waals surface area contributed by atoms with Gasteiger partial charge in [-0.2, -0.15) is 0 Å². The summed E-state index contributed by atoms with van der Waals surface area (Å²) in [6, 6.07) is 33.1. The van der Waals surface area contributed by atoms with Crippen molar-refractivity contribution in [2.45, 2.75) is 39.4 Å². The third kappa shape index (κ3) is 4.64. The van der Waals surface area contributed by atoms with Crippen molar-refractivity contribution in [3.8, 4) is 28.4 Å². The van der Waals surface area contributed by atoms with Crippen molar-refractivity contribution < 1.29 is 14.0 Å². The average molecular weight is 495 g/mol. The lowest BCUT2D eigenvalue weighted by atomic mass is 9.92. The second-order valence-electron chi connectivity index (χ2n) is 9.73. The Labute approximate surface area is 215 Å². The zero-order chi connectivity index (χ0) is 25.3. The first kappa shape index (κ1) is 24.2. The van der Waals surface area contributed by atoms with E-state index >= 15 is 0 Å². The predicted octanol–water partition coefficient (Wildman–Crippen LogP) is 9.15. The quantitative estimate of drug-likeness (QED) is 0.167. The Morgan fingerprint density at radius 2 is 1.08 bits per heavy atom. The van der Waals surface area contributed by atoms with Gasteiger partial charge in [0.05, 0.1) is 9.47 Å². The van der Waals surface area contributed by atoms with Gasteiger partial charge in [-0.15, -0.1) is 0 Å². The molecule has 3 nitrogen and oxygen atoms in total. The molecule has 0 saturated carbocycles. The first-order chi connectivity index (χ1) is 17.4. The summed E-state index contributed by atoms with van der Waals surface area (Å²) in [7, 11) is 2.39. The number of ether oxygens (including phenoxy) is 2. The van der Waals surface area contributed by atoms with Crippen molar-refractivity contribution in [2.75, 3.05) is 0 Å². The molecule has 0 N–H and O–H groups in total. The fourth-order valence-electron chi connectivity index (χ4n) is 4.80. The highest BCUT2D eigenvalue weighted by Crippen LogP contribution is 2.46. The van der Waals surface area contributed by atoms with Gasteiger partial charge in [-0.25, -0.2) is 0 Å². The number of para-hydroxylation sites is 1. The molecule has 5 aromatic carbocycles. The highest BCUT2D eigenvalue weighted by Gasteiger charge is 2.27. The second-order valence-corrected chi connectivity index (χ2v) is 9.97. The first-order valence-electron chi connectivity index (χ1n) is 12.3. The molecule has 0 amide bonds. The van der Waals surface area contributed by atoms with Gasteiger partial charge in [-0.05, 0) is 51.2 Å². The highest BCUT2D eigenvalue weighted by atomic mass is 31.0. The molecule has 0 aliphatic heterocycles. The fraction of sp³-hybridized carbons (Fsp3) is 0.188. The van der Waals surface area contributed by atoms with E-state index in [9.17, 15) is 0 Å². The standard InChI is InChI=1S/C32H31O3P/c1-21(2)24-13-9-10-16-27(24)33-32(3,4)34-28-19-17-22-11-5-7-14-25(22)30(28)31-26-15-8-6-12-23(26)18-20-29(31)35-36/h5-21H,36H2,1-4H3. The Balaban J connectivity index is 1.69. The maximum Gasteiger partial charge on any atom is 0.245 e. The van der Waals surface area contributed by atoms with Crippen LogP contribution in [0.2, 0.25) is 0 Å². The lowest BCUT2D eigenvalue weighted by Gasteiger charge is -2.30. The first-order valence-corrected chi connectivity index (χ1v) is 12.7. The van der Waals surface area contributed by atoms with Crippen molar-refractivity contribution in [1.29, 1.82) is 0 Å². The smallest absolute Gasteiger partial charge is 0.245 e. The third-order valence-corrected chi connectivity index (χ3v) is 6.67. The van der Waals surface area contributed by atoms with E-state index in [1.807, 2.05) is 44.2 Å². The van der Waals surface area contributed by atoms with Crippen LogP contribution in [-0.4, -0.2) is 5.79 Å². The molecule has 0 heterocycles. The Hall–Kier alpha value is -3.55. The van der Waals surface area contributed by atoms with Crippen LogP contribution in [-0.2, 0) is 0 Å². The van der Waals surface area contributed by atoms with E-state index < -0.39 is 5.79 Å². The van der Waals surface area contributed by atoms with E-state index in [2.05, 4.69) is 90.0 Å². The molecule has 0 aliphatic rings. The summed E-state index contributed by atoms with van der Waals surface area (Å²) in [5, 5.41) is 4.46. The molecule has 0 aromatic heterocycles. The molecule has 182 valence electrons. The third-order valence-electron chi connectivity index (χ3n) is 6.41. The van der Waals surface area contributed by atoms with Crippen molar-refractivity contribution in [3.05, 3.63) is 103 Å². The van der Waals surface area contributed by atoms with Crippen molar-refractivity contribution in [1.82, 2.24) is 0 Å². The van der Waals surface area contributed by atoms with Crippen molar-refractivity contribution >= 4 is 31.0 Å². The molecule has 0 spiro atoms. The van der Waals surface area contributed by atoms with Crippen LogP contribution in [0, 0.1) is 0 Å². The summed E-state index contributed by atoms with van der Waals surface area (Å²) >= 11 is 0. The number of hydrogen-bond donors (Lipinski definition) is 0. The van der Waals surface area contributed by atoms with Gasteiger partial charge in [0.15, 0.2) is 0 Å². The largest absolute Gasteiger partial charge is 0.480 e. The Morgan fingerprint density at radius 1 is 0.583 bits per heavy atom. The van der Waals surface area contributed by atoms with E-state index in [-0.39, 0.29) is 0 Å². The van der Waals surface area contributed by atoms with Crippen LogP contribution in [0.25, 0.3) is 32.7 Å². The van der Waals surface area contributed by atoms with E-state index in [1.54, 1.807) is 0 Å². The second kappa shape index (κ2) is 9.84. The Bertz CT molecular complexity index is 1540. The summed E-state index contributed by atoms with van der Waals surface area (Å²) in [6.45, 7) is 8.25. The average Bonchev–Trinajstić information content (AvgIpc) is 2.88. The van der Waals surface area contributed by atoms with Crippen LogP contribution in [0.1, 0.15) is 39.2 Å². The van der Waals surface area contributed by atoms with E-state index in [4.69, 9.17) is 14.0 Å². The summed E-state index contributed by atoms with van der Waals surface area (Å²) < 4.78 is 19.0. The topological polar surface area (TPSA) is 27.7 Å². The highest BCUT2D eigenvalue weighted by molar-refractivity contribution is 7.10. The summed E-state index contributed by atoms with van der Waals surface area (Å²) in [4.78, 5) is 0. The SMILES string of the molecule is CC(C)c1ccccc1OC(C)(C)Oc1ccc2ccccc2c1-c1c(OP)ccc2ccccc12. The molecule has 5 aromatic rings. The maximum absolute atomic E-state index is 6.70. The molecule has 1 atom stereocenters. The molecule has 0 bridgehead atoms. The molecular formula is C32H31O3P. The maximum atomic E-state index is 6.70. The number of benzene rings is 5. The minimum absolute atomic E-state index is 0.339. The van der Waals surface area contributed by atoms with E-state index in [0.717, 1.165) is 55.5 Å². The molecule has 0 fully saturated rings. The zero-order valence-corrected chi connectivity index (χ0v) is 22.3. The Morgan fingerprint density at radius 3 is 1.69 bits per heavy atom. The van der Waals surface area contributed by atoms with Crippen LogP contribution >= 0.6 is 9.47 Å². The van der Waals surface area contributed by atoms with Crippen LogP contribution in [0.4, 0.5) is 0 Å². The van der Waals surface area contributed by atoms with Gasteiger partial charge in [-0.1, -0.05) is 92.7 Å². The van der Waals surface area contributed by atoms with Crippen LogP contribution in [0.5, 0.6) is 17.2 Å². The monoisotopic (exact) mass is 494 g/mol. The van der Waals surface area contributed by atoms with E-state index in [0.29, 0.717) is 5.92 Å². The predicted molar refractivity (Wildman–Crippen MR) is 153 cm³/mol. The van der Waals surface area contributed by atoms with Gasteiger partial charge in [0.2, 0.25) is 5.79 Å². The molecule has 1 unspecified atom stereocenters. The minimum Gasteiger partial charge on any atom is -0.480 e. The number of hydrogen-bond acceptors (Lipinski definition) is 3.